The summed E-state index contributed by atoms with van der Waals surface area (Å²) in [5, 5.41) is 2.54. The predicted molar refractivity (Wildman–Crippen MR) is 124 cm³/mol. The summed E-state index contributed by atoms with van der Waals surface area (Å²) in [4.78, 5) is 21.6. The van der Waals surface area contributed by atoms with Gasteiger partial charge in [-0.1, -0.05) is 15.9 Å². The van der Waals surface area contributed by atoms with Crippen LogP contribution in [-0.4, -0.2) is 43.0 Å². The van der Waals surface area contributed by atoms with Crippen molar-refractivity contribution in [2.75, 3.05) is 32.1 Å². The lowest BCUT2D eigenvalue weighted by Gasteiger charge is -2.21. The van der Waals surface area contributed by atoms with Gasteiger partial charge in [0.15, 0.2) is 5.13 Å². The first-order chi connectivity index (χ1) is 13.4. The molecule has 2 aromatic carbocycles. The SMILES string of the molecule is CN(C)CCCN(C(=O)c1ccc(Br)cc1)c1nc(-c2ccc(F)cc2)cs1.Cl. The highest BCUT2D eigenvalue weighted by Gasteiger charge is 2.21. The van der Waals surface area contributed by atoms with Crippen molar-refractivity contribution < 1.29 is 9.18 Å². The number of hydrogen-bond acceptors (Lipinski definition) is 4. The van der Waals surface area contributed by atoms with Crippen LogP contribution >= 0.6 is 39.7 Å². The molecular formula is C21H22BrClFN3OS. The van der Waals surface area contributed by atoms with Crippen LogP contribution in [0.25, 0.3) is 11.3 Å². The Balaban J connectivity index is 0.00000300. The molecule has 0 N–H and O–H groups in total. The third-order valence-electron chi connectivity index (χ3n) is 4.19. The summed E-state index contributed by atoms with van der Waals surface area (Å²) in [5.74, 6) is -0.360. The van der Waals surface area contributed by atoms with Crippen molar-refractivity contribution in [1.82, 2.24) is 9.88 Å². The summed E-state index contributed by atoms with van der Waals surface area (Å²) in [6, 6.07) is 13.5. The summed E-state index contributed by atoms with van der Waals surface area (Å²) in [6.07, 6.45) is 0.834. The Bertz CT molecular complexity index is 932. The molecule has 0 saturated heterocycles. The third kappa shape index (κ3) is 6.34. The Labute approximate surface area is 188 Å². The Morgan fingerprint density at radius 3 is 2.34 bits per heavy atom. The van der Waals surface area contributed by atoms with Crippen LogP contribution in [0.3, 0.4) is 0 Å². The molecular weight excluding hydrogens is 477 g/mol. The van der Waals surface area contributed by atoms with E-state index in [1.165, 1.54) is 23.5 Å². The summed E-state index contributed by atoms with van der Waals surface area (Å²) < 4.78 is 14.1. The van der Waals surface area contributed by atoms with E-state index in [0.29, 0.717) is 17.2 Å². The second-order valence-corrected chi connectivity index (χ2v) is 8.39. The van der Waals surface area contributed by atoms with Gasteiger partial charge in [0.1, 0.15) is 5.82 Å². The van der Waals surface area contributed by atoms with Crippen molar-refractivity contribution in [2.45, 2.75) is 6.42 Å². The van der Waals surface area contributed by atoms with E-state index < -0.39 is 0 Å². The molecule has 0 unspecified atom stereocenters. The van der Waals surface area contributed by atoms with Crippen LogP contribution in [-0.2, 0) is 0 Å². The van der Waals surface area contributed by atoms with E-state index in [1.807, 2.05) is 31.6 Å². The van der Waals surface area contributed by atoms with Crippen molar-refractivity contribution in [3.05, 3.63) is 69.8 Å². The molecule has 1 heterocycles. The number of hydrogen-bond donors (Lipinski definition) is 0. The minimum atomic E-state index is -0.282. The largest absolute Gasteiger partial charge is 0.309 e. The third-order valence-corrected chi connectivity index (χ3v) is 5.58. The molecule has 4 nitrogen and oxygen atoms in total. The number of rotatable bonds is 7. The fourth-order valence-corrected chi connectivity index (χ4v) is 3.84. The van der Waals surface area contributed by atoms with Crippen LogP contribution in [0, 0.1) is 5.82 Å². The fourth-order valence-electron chi connectivity index (χ4n) is 2.72. The number of carbonyl (C=O) groups excluding carboxylic acids is 1. The average Bonchev–Trinajstić information content (AvgIpc) is 3.15. The van der Waals surface area contributed by atoms with Crippen molar-refractivity contribution >= 4 is 50.7 Å². The molecule has 0 aliphatic carbocycles. The number of amides is 1. The lowest BCUT2D eigenvalue weighted by atomic mass is 10.2. The maximum absolute atomic E-state index is 13.2. The average molecular weight is 499 g/mol. The minimum Gasteiger partial charge on any atom is -0.309 e. The lowest BCUT2D eigenvalue weighted by molar-refractivity contribution is 0.0986. The molecule has 1 amide bonds. The lowest BCUT2D eigenvalue weighted by Crippen LogP contribution is -2.33. The highest BCUT2D eigenvalue weighted by atomic mass is 79.9. The van der Waals surface area contributed by atoms with E-state index >= 15 is 0 Å². The zero-order chi connectivity index (χ0) is 20.1. The van der Waals surface area contributed by atoms with Gasteiger partial charge in [0.05, 0.1) is 5.69 Å². The van der Waals surface area contributed by atoms with Gasteiger partial charge < -0.3 is 4.90 Å². The van der Waals surface area contributed by atoms with Gasteiger partial charge in [-0.25, -0.2) is 9.37 Å². The number of aromatic nitrogens is 1. The first-order valence-corrected chi connectivity index (χ1v) is 10.5. The molecule has 0 saturated carbocycles. The predicted octanol–water partition coefficient (Wildman–Crippen LogP) is 5.73. The number of anilines is 1. The molecule has 0 spiro atoms. The molecule has 0 aliphatic rings. The van der Waals surface area contributed by atoms with Gasteiger partial charge in [-0.15, -0.1) is 23.7 Å². The first kappa shape index (κ1) is 23.5. The highest BCUT2D eigenvalue weighted by molar-refractivity contribution is 9.10. The molecule has 29 heavy (non-hydrogen) atoms. The van der Waals surface area contributed by atoms with Gasteiger partial charge in [-0.05, 0) is 75.6 Å². The van der Waals surface area contributed by atoms with Crippen molar-refractivity contribution in [3.8, 4) is 11.3 Å². The van der Waals surface area contributed by atoms with Crippen molar-refractivity contribution in [1.29, 1.82) is 0 Å². The zero-order valence-electron chi connectivity index (χ0n) is 16.1. The zero-order valence-corrected chi connectivity index (χ0v) is 19.4. The van der Waals surface area contributed by atoms with Crippen molar-refractivity contribution in [3.63, 3.8) is 0 Å². The van der Waals surface area contributed by atoms with E-state index in [4.69, 9.17) is 0 Å². The van der Waals surface area contributed by atoms with Gasteiger partial charge in [0, 0.05) is 27.5 Å². The standard InChI is InChI=1S/C21H21BrFN3OS.ClH/c1-25(2)12-3-13-26(20(27)16-4-8-17(22)9-5-16)21-24-19(14-28-21)15-6-10-18(23)11-7-15;/h4-11,14H,3,12-13H2,1-2H3;1H. The van der Waals surface area contributed by atoms with E-state index in [1.54, 1.807) is 29.2 Å². The van der Waals surface area contributed by atoms with Gasteiger partial charge >= 0.3 is 0 Å². The van der Waals surface area contributed by atoms with E-state index in [2.05, 4.69) is 25.8 Å². The van der Waals surface area contributed by atoms with Gasteiger partial charge in [-0.3, -0.25) is 9.69 Å². The van der Waals surface area contributed by atoms with E-state index in [0.717, 1.165) is 28.7 Å². The van der Waals surface area contributed by atoms with E-state index in [9.17, 15) is 9.18 Å². The second kappa shape index (κ2) is 10.8. The number of benzene rings is 2. The highest BCUT2D eigenvalue weighted by Crippen LogP contribution is 2.29. The minimum absolute atomic E-state index is 0. The van der Waals surface area contributed by atoms with Crippen LogP contribution in [0.5, 0.6) is 0 Å². The van der Waals surface area contributed by atoms with Crippen LogP contribution in [0.1, 0.15) is 16.8 Å². The van der Waals surface area contributed by atoms with Crippen LogP contribution in [0.4, 0.5) is 9.52 Å². The fraction of sp³-hybridized carbons (Fsp3) is 0.238. The quantitative estimate of drug-likeness (QED) is 0.417. The van der Waals surface area contributed by atoms with Gasteiger partial charge in [0.25, 0.3) is 5.91 Å². The molecule has 0 aliphatic heterocycles. The maximum Gasteiger partial charge on any atom is 0.260 e. The van der Waals surface area contributed by atoms with Crippen molar-refractivity contribution in [2.24, 2.45) is 0 Å². The Morgan fingerprint density at radius 2 is 1.72 bits per heavy atom. The van der Waals surface area contributed by atoms with Crippen LogP contribution in [0.2, 0.25) is 0 Å². The molecule has 154 valence electrons. The second-order valence-electron chi connectivity index (χ2n) is 6.64. The summed E-state index contributed by atoms with van der Waals surface area (Å²) in [7, 11) is 4.02. The molecule has 3 rings (SSSR count). The summed E-state index contributed by atoms with van der Waals surface area (Å²) in [6.45, 7) is 1.45. The molecule has 0 radical (unpaired) electrons. The Hall–Kier alpha value is -1.80. The molecule has 1 aromatic heterocycles. The Morgan fingerprint density at radius 1 is 1.07 bits per heavy atom. The topological polar surface area (TPSA) is 36.4 Å². The summed E-state index contributed by atoms with van der Waals surface area (Å²) >= 11 is 4.82. The number of nitrogens with zero attached hydrogens (tertiary/aromatic N) is 3. The monoisotopic (exact) mass is 497 g/mol. The first-order valence-electron chi connectivity index (χ1n) is 8.87. The van der Waals surface area contributed by atoms with Crippen LogP contribution in [0.15, 0.2) is 58.4 Å². The smallest absolute Gasteiger partial charge is 0.260 e. The number of carbonyl (C=O) groups is 1. The number of thiazole rings is 1. The number of halogens is 3. The Kier molecular flexibility index (Phi) is 8.77. The van der Waals surface area contributed by atoms with E-state index in [-0.39, 0.29) is 24.1 Å². The maximum atomic E-state index is 13.2. The molecule has 0 atom stereocenters. The molecule has 8 heteroatoms. The molecule has 3 aromatic rings. The summed E-state index contributed by atoms with van der Waals surface area (Å²) in [5.41, 5.74) is 2.18. The molecule has 0 bridgehead atoms. The molecule has 0 fully saturated rings. The van der Waals surface area contributed by atoms with Gasteiger partial charge in [-0.2, -0.15) is 0 Å². The normalized spacial score (nSPS) is 10.7. The van der Waals surface area contributed by atoms with Gasteiger partial charge in [0.2, 0.25) is 0 Å². The van der Waals surface area contributed by atoms with Crippen LogP contribution < -0.4 is 4.90 Å².